The molecule has 0 bridgehead atoms. The standard InChI is InChI=1S/C4H12N2O5S/c1-4-11-5-12(7,8)6(9-2)10-3/h5H,4H2,1-3H3/p+1. The fourth-order valence-corrected chi connectivity index (χ4v) is 1.25. The van der Waals surface area contributed by atoms with Gasteiger partial charge in [0.05, 0.1) is 11.2 Å². The summed E-state index contributed by atoms with van der Waals surface area (Å²) in [4.78, 5) is 15.1. The zero-order valence-corrected chi connectivity index (χ0v) is 7.97. The molecule has 0 saturated carbocycles. The molecule has 0 aliphatic rings. The second-order valence-corrected chi connectivity index (χ2v) is 3.18. The lowest BCUT2D eigenvalue weighted by atomic mass is 10.9. The van der Waals surface area contributed by atoms with E-state index in [0.717, 1.165) is 0 Å². The van der Waals surface area contributed by atoms with Crippen molar-refractivity contribution in [3.63, 3.8) is 0 Å². The van der Waals surface area contributed by atoms with E-state index < -0.39 is 14.8 Å². The fourth-order valence-electron chi connectivity index (χ4n) is 0.473. The average molecular weight is 201 g/mol. The van der Waals surface area contributed by atoms with E-state index in [0.29, 0.717) is 0 Å². The molecule has 0 spiro atoms. The first kappa shape index (κ1) is 11.8. The second-order valence-electron chi connectivity index (χ2n) is 1.68. The number of rotatable bonds is 6. The molecule has 0 saturated heterocycles. The van der Waals surface area contributed by atoms with E-state index in [2.05, 4.69) is 14.5 Å². The lowest BCUT2D eigenvalue weighted by Crippen LogP contribution is -3.12. The van der Waals surface area contributed by atoms with Gasteiger partial charge in [0.15, 0.2) is 0 Å². The maximum atomic E-state index is 11.0. The van der Waals surface area contributed by atoms with Gasteiger partial charge in [0, 0.05) is 0 Å². The van der Waals surface area contributed by atoms with E-state index in [1.165, 1.54) is 14.2 Å². The Balaban J connectivity index is 4.17. The molecule has 7 nitrogen and oxygen atoms in total. The van der Waals surface area contributed by atoms with Crippen molar-refractivity contribution in [1.82, 2.24) is 4.89 Å². The average Bonchev–Trinajstić information content (AvgIpc) is 2.03. The van der Waals surface area contributed by atoms with Crippen molar-refractivity contribution in [3.8, 4) is 0 Å². The van der Waals surface area contributed by atoms with Gasteiger partial charge in [-0.2, -0.15) is 9.68 Å². The van der Waals surface area contributed by atoms with Crippen LogP contribution < -0.4 is 9.52 Å². The molecular weight excluding hydrogens is 188 g/mol. The Bertz CT molecular complexity index is 199. The number of nitrogens with one attached hydrogen (secondary N) is 2. The number of quaternary nitrogens is 1. The molecule has 0 amide bonds. The van der Waals surface area contributed by atoms with Gasteiger partial charge in [-0.25, -0.2) is 0 Å². The van der Waals surface area contributed by atoms with Crippen LogP contribution in [-0.4, -0.2) is 29.2 Å². The van der Waals surface area contributed by atoms with Crippen molar-refractivity contribution < 1.29 is 27.6 Å². The van der Waals surface area contributed by atoms with Crippen molar-refractivity contribution in [2.45, 2.75) is 6.92 Å². The second kappa shape index (κ2) is 5.41. The Morgan fingerprint density at radius 1 is 1.33 bits per heavy atom. The highest BCUT2D eigenvalue weighted by atomic mass is 32.2. The van der Waals surface area contributed by atoms with Crippen molar-refractivity contribution in [1.29, 1.82) is 0 Å². The topological polar surface area (TPSA) is 78.3 Å². The molecule has 0 atom stereocenters. The molecule has 0 heterocycles. The third-order valence-corrected chi connectivity index (χ3v) is 1.98. The maximum absolute atomic E-state index is 11.0. The molecular formula is C4H13N2O5S+. The summed E-state index contributed by atoms with van der Waals surface area (Å²) in [6.07, 6.45) is 0. The minimum Gasteiger partial charge on any atom is -0.283 e. The summed E-state index contributed by atoms with van der Waals surface area (Å²) < 4.78 is 21.5. The van der Waals surface area contributed by atoms with Gasteiger partial charge >= 0.3 is 10.2 Å². The SMILES string of the molecule is CCONS(=O)(=O)[NH+](OC)OC. The molecule has 0 radical (unpaired) electrons. The van der Waals surface area contributed by atoms with E-state index in [1.54, 1.807) is 11.8 Å². The summed E-state index contributed by atoms with van der Waals surface area (Å²) in [5.41, 5.74) is 0. The van der Waals surface area contributed by atoms with E-state index in [-0.39, 0.29) is 6.61 Å². The third kappa shape index (κ3) is 3.43. The van der Waals surface area contributed by atoms with Crippen LogP contribution in [0, 0.1) is 0 Å². The monoisotopic (exact) mass is 201 g/mol. The summed E-state index contributed by atoms with van der Waals surface area (Å²) in [7, 11) is -1.42. The normalized spacial score (nSPS) is 12.3. The van der Waals surface area contributed by atoms with E-state index in [1.807, 2.05) is 0 Å². The van der Waals surface area contributed by atoms with Crippen LogP contribution in [0.1, 0.15) is 6.92 Å². The highest BCUT2D eigenvalue weighted by Gasteiger charge is 2.27. The van der Waals surface area contributed by atoms with E-state index >= 15 is 0 Å². The zero-order chi connectivity index (χ0) is 9.61. The summed E-state index contributed by atoms with van der Waals surface area (Å²) in [6, 6.07) is 0. The first-order valence-electron chi connectivity index (χ1n) is 3.17. The Labute approximate surface area is 71.2 Å². The molecule has 8 heteroatoms. The Morgan fingerprint density at radius 3 is 2.17 bits per heavy atom. The zero-order valence-electron chi connectivity index (χ0n) is 7.16. The summed E-state index contributed by atoms with van der Waals surface area (Å²) in [5, 5.41) is 0. The van der Waals surface area contributed by atoms with Crippen molar-refractivity contribution >= 4 is 10.2 Å². The molecule has 0 aliphatic heterocycles. The summed E-state index contributed by atoms with van der Waals surface area (Å²) >= 11 is 0. The molecule has 0 aliphatic carbocycles. The van der Waals surface area contributed by atoms with Crippen LogP contribution >= 0.6 is 0 Å². The van der Waals surface area contributed by atoms with E-state index in [4.69, 9.17) is 0 Å². The molecule has 0 unspecified atom stereocenters. The van der Waals surface area contributed by atoms with Crippen LogP contribution in [0.2, 0.25) is 0 Å². The van der Waals surface area contributed by atoms with Crippen LogP contribution in [0.4, 0.5) is 0 Å². The minimum atomic E-state index is -3.78. The molecule has 0 aromatic carbocycles. The van der Waals surface area contributed by atoms with Crippen molar-refractivity contribution in [2.24, 2.45) is 0 Å². The lowest BCUT2D eigenvalue weighted by molar-refractivity contribution is -1.14. The van der Waals surface area contributed by atoms with Crippen molar-refractivity contribution in [3.05, 3.63) is 0 Å². The first-order chi connectivity index (χ1) is 5.58. The molecule has 2 N–H and O–H groups in total. The highest BCUT2D eigenvalue weighted by Crippen LogP contribution is 1.71. The number of hydrogen-bond donors (Lipinski definition) is 2. The minimum absolute atomic E-state index is 0.222. The predicted molar refractivity (Wildman–Crippen MR) is 38.7 cm³/mol. The molecule has 0 fully saturated rings. The largest absolute Gasteiger partial charge is 0.452 e. The van der Waals surface area contributed by atoms with Gasteiger partial charge in [-0.3, -0.25) is 4.84 Å². The lowest BCUT2D eigenvalue weighted by Gasteiger charge is -2.10. The third-order valence-electron chi connectivity index (χ3n) is 0.866. The maximum Gasteiger partial charge on any atom is 0.452 e. The van der Waals surface area contributed by atoms with Crippen LogP contribution in [0.3, 0.4) is 0 Å². The molecule has 74 valence electrons. The molecule has 0 rings (SSSR count). The molecule has 12 heavy (non-hydrogen) atoms. The molecule has 0 aromatic heterocycles. The van der Waals surface area contributed by atoms with Gasteiger partial charge in [0.1, 0.15) is 14.2 Å². The van der Waals surface area contributed by atoms with E-state index in [9.17, 15) is 8.42 Å². The molecule has 0 aromatic rings. The van der Waals surface area contributed by atoms with Gasteiger partial charge in [-0.15, -0.1) is 8.42 Å². The predicted octanol–water partition coefficient (Wildman–Crippen LogP) is -2.22. The highest BCUT2D eigenvalue weighted by molar-refractivity contribution is 7.82. The smallest absolute Gasteiger partial charge is 0.283 e. The summed E-state index contributed by atoms with van der Waals surface area (Å²) in [6.45, 7) is 1.86. The van der Waals surface area contributed by atoms with Gasteiger partial charge < -0.3 is 0 Å². The fraction of sp³-hybridized carbons (Fsp3) is 1.00. The van der Waals surface area contributed by atoms with Gasteiger partial charge in [-0.1, -0.05) is 0 Å². The van der Waals surface area contributed by atoms with Crippen LogP contribution in [0.5, 0.6) is 0 Å². The van der Waals surface area contributed by atoms with Gasteiger partial charge in [0.25, 0.3) is 0 Å². The Morgan fingerprint density at radius 2 is 1.83 bits per heavy atom. The van der Waals surface area contributed by atoms with Crippen LogP contribution in [-0.2, 0) is 24.7 Å². The van der Waals surface area contributed by atoms with Gasteiger partial charge in [-0.05, 0) is 11.8 Å². The van der Waals surface area contributed by atoms with Gasteiger partial charge in [0.2, 0.25) is 0 Å². The van der Waals surface area contributed by atoms with Crippen molar-refractivity contribution in [2.75, 3.05) is 20.8 Å². The first-order valence-corrected chi connectivity index (χ1v) is 4.65. The quantitative estimate of drug-likeness (QED) is 0.476. The Hall–Kier alpha value is -0.250. The number of hydrogen-bond acceptors (Lipinski definition) is 5. The Kier molecular flexibility index (Phi) is 5.29. The van der Waals surface area contributed by atoms with Crippen LogP contribution in [0.25, 0.3) is 0 Å². The summed E-state index contributed by atoms with van der Waals surface area (Å²) in [5.74, 6) is 0. The van der Waals surface area contributed by atoms with Crippen LogP contribution in [0.15, 0.2) is 0 Å².